The first-order chi connectivity index (χ1) is 5.00. The molecule has 0 aliphatic carbocycles. The zero-order valence-electron chi connectivity index (χ0n) is 5.95. The Bertz CT molecular complexity index is 74.5. The summed E-state index contributed by atoms with van der Waals surface area (Å²) < 4.78 is 37.5. The fourth-order valence-corrected chi connectivity index (χ4v) is 0. The van der Waals surface area contributed by atoms with Crippen molar-refractivity contribution in [1.82, 2.24) is 0 Å². The Morgan fingerprint density at radius 2 is 0.417 bits per heavy atom. The molecule has 0 N–H and O–H groups in total. The molecule has 0 heterocycles. The van der Waals surface area contributed by atoms with Crippen molar-refractivity contribution < 1.29 is 40.6 Å². The standard InChI is InChI=1S/5CO.CH3.Cr/c5*1-2;;/h;;;;;1H3;/q;;;;;-1;. The van der Waals surface area contributed by atoms with Crippen LogP contribution in [0.25, 0.3) is 0 Å². The first-order valence-corrected chi connectivity index (χ1v) is 1.02. The van der Waals surface area contributed by atoms with E-state index in [1.807, 2.05) is 0 Å². The first-order valence-electron chi connectivity index (χ1n) is 1.02. The van der Waals surface area contributed by atoms with Gasteiger partial charge in [0.25, 0.3) is 0 Å². The van der Waals surface area contributed by atoms with Crippen LogP contribution in [0.4, 0.5) is 0 Å². The quantitative estimate of drug-likeness (QED) is 0.402. The fourth-order valence-electron chi connectivity index (χ4n) is 0. The third-order valence-electron chi connectivity index (χ3n) is 0. The van der Waals surface area contributed by atoms with Gasteiger partial charge in [0.05, 0.1) is 0 Å². The smallest absolute Gasteiger partial charge is 0 e. The summed E-state index contributed by atoms with van der Waals surface area (Å²) >= 11 is 0. The van der Waals surface area contributed by atoms with Gasteiger partial charge in [0.1, 0.15) is 0 Å². The molecule has 0 saturated carbocycles. The van der Waals surface area contributed by atoms with E-state index in [0.717, 1.165) is 0 Å². The van der Waals surface area contributed by atoms with Crippen molar-refractivity contribution in [2.24, 2.45) is 0 Å². The van der Waals surface area contributed by atoms with Crippen LogP contribution < -0.4 is 0 Å². The molecule has 0 bridgehead atoms. The molecular weight excluding hydrogens is 204 g/mol. The van der Waals surface area contributed by atoms with E-state index in [4.69, 9.17) is 23.3 Å². The first kappa shape index (κ1) is 65.7. The second-order valence-electron chi connectivity index (χ2n) is 0. The van der Waals surface area contributed by atoms with Gasteiger partial charge in [-0.25, -0.2) is 0 Å². The molecule has 6 heteroatoms. The molecule has 0 aromatic heterocycles. The van der Waals surface area contributed by atoms with E-state index in [0.29, 0.717) is 0 Å². The van der Waals surface area contributed by atoms with Gasteiger partial charge >= 0.3 is 56.5 Å². The topological polar surface area (TPSA) is 99.5 Å². The molecule has 0 amide bonds. The molecule has 0 spiro atoms. The van der Waals surface area contributed by atoms with Gasteiger partial charge < -0.3 is 7.43 Å². The van der Waals surface area contributed by atoms with Crippen molar-refractivity contribution >= 4 is 0 Å². The molecule has 0 aliphatic heterocycles. The molecule has 64 valence electrons. The third-order valence-corrected chi connectivity index (χ3v) is 0. The SMILES string of the molecule is [C-]#[O+].[C-]#[O+].[C-]#[O+].[C-]#[O+].[C-]#[O+].[CH3-].[Cr]. The van der Waals surface area contributed by atoms with E-state index in [1.54, 1.807) is 0 Å². The van der Waals surface area contributed by atoms with Crippen LogP contribution >= 0.6 is 0 Å². The second-order valence-corrected chi connectivity index (χ2v) is 0. The summed E-state index contributed by atoms with van der Waals surface area (Å²) in [5.41, 5.74) is 0. The second kappa shape index (κ2) is 1480. The predicted octanol–water partition coefficient (Wildman–Crippen LogP) is 0.260. The third kappa shape index (κ3) is 1060. The van der Waals surface area contributed by atoms with Crippen molar-refractivity contribution in [3.63, 3.8) is 0 Å². The van der Waals surface area contributed by atoms with Crippen LogP contribution in [0.3, 0.4) is 0 Å². The summed E-state index contributed by atoms with van der Waals surface area (Å²) in [6.45, 7) is 22.5. The molecule has 0 saturated heterocycles. The van der Waals surface area contributed by atoms with E-state index in [9.17, 15) is 0 Å². The molecule has 5 nitrogen and oxygen atoms in total. The van der Waals surface area contributed by atoms with Crippen LogP contribution in [0.5, 0.6) is 0 Å². The Kier molecular flexibility index (Phi) is 8100. The monoisotopic (exact) mass is 207 g/mol. The van der Waals surface area contributed by atoms with Gasteiger partial charge in [0, 0.05) is 17.4 Å². The molecule has 0 atom stereocenters. The van der Waals surface area contributed by atoms with E-state index in [1.165, 1.54) is 0 Å². The minimum atomic E-state index is 0. The Labute approximate surface area is 81.9 Å². The van der Waals surface area contributed by atoms with E-state index >= 15 is 0 Å². The molecule has 0 radical (unpaired) electrons. The summed E-state index contributed by atoms with van der Waals surface area (Å²) in [4.78, 5) is 0. The Morgan fingerprint density at radius 3 is 0.417 bits per heavy atom. The van der Waals surface area contributed by atoms with E-state index < -0.39 is 0 Å². The maximum absolute atomic E-state index is 7.50. The molecule has 0 aliphatic rings. The predicted molar refractivity (Wildman–Crippen MR) is 26.1 cm³/mol. The van der Waals surface area contributed by atoms with Crippen molar-refractivity contribution in [2.45, 2.75) is 0 Å². The number of hydrogen-bond donors (Lipinski definition) is 0. The normalized spacial score (nSPS) is 0.833. The average Bonchev–Trinajstić information content (AvgIpc) is 2.20. The van der Waals surface area contributed by atoms with Gasteiger partial charge in [0.15, 0.2) is 0 Å². The molecule has 0 aromatic carbocycles. The van der Waals surface area contributed by atoms with Gasteiger partial charge in [-0.3, -0.25) is 0 Å². The molecular formula is C6H3CrO5-. The zero-order valence-corrected chi connectivity index (χ0v) is 7.22. The summed E-state index contributed by atoms with van der Waals surface area (Å²) in [5.74, 6) is 0. The van der Waals surface area contributed by atoms with Crippen molar-refractivity contribution in [2.75, 3.05) is 0 Å². The Hall–Kier alpha value is -0.768. The van der Waals surface area contributed by atoms with Crippen molar-refractivity contribution in [3.05, 3.63) is 40.7 Å². The maximum atomic E-state index is 7.50. The van der Waals surface area contributed by atoms with Crippen LogP contribution in [-0.4, -0.2) is 0 Å². The summed E-state index contributed by atoms with van der Waals surface area (Å²) in [5, 5.41) is 0. The molecule has 0 unspecified atom stereocenters. The average molecular weight is 207 g/mol. The van der Waals surface area contributed by atoms with Crippen LogP contribution in [0.15, 0.2) is 0 Å². The fraction of sp³-hybridized carbons (Fsp3) is 0. The number of hydrogen-bond acceptors (Lipinski definition) is 0. The zero-order chi connectivity index (χ0) is 10.0. The molecule has 0 fully saturated rings. The van der Waals surface area contributed by atoms with Gasteiger partial charge in [-0.05, 0) is 0 Å². The minimum absolute atomic E-state index is 0. The van der Waals surface area contributed by atoms with Gasteiger partial charge in [-0.2, -0.15) is 0 Å². The Balaban J connectivity index is -0.00000000500. The molecule has 12 heavy (non-hydrogen) atoms. The van der Waals surface area contributed by atoms with Gasteiger partial charge in [0.2, 0.25) is 0 Å². The summed E-state index contributed by atoms with van der Waals surface area (Å²) in [6, 6.07) is 0. The van der Waals surface area contributed by atoms with Crippen LogP contribution in [-0.2, 0) is 40.6 Å². The van der Waals surface area contributed by atoms with Crippen LogP contribution in [0.1, 0.15) is 0 Å². The molecule has 0 aromatic rings. The van der Waals surface area contributed by atoms with E-state index in [2.05, 4.69) is 33.3 Å². The maximum Gasteiger partial charge on any atom is 0 e. The molecule has 0 rings (SSSR count). The van der Waals surface area contributed by atoms with Gasteiger partial charge in [-0.15, -0.1) is 0 Å². The van der Waals surface area contributed by atoms with Crippen molar-refractivity contribution in [1.29, 1.82) is 0 Å². The number of rotatable bonds is 0. The minimum Gasteiger partial charge on any atom is -0.358 e. The van der Waals surface area contributed by atoms with Crippen molar-refractivity contribution in [3.8, 4) is 0 Å². The van der Waals surface area contributed by atoms with Crippen LogP contribution in [0.2, 0.25) is 0 Å². The largest absolute Gasteiger partial charge is 0.358 e. The van der Waals surface area contributed by atoms with E-state index in [-0.39, 0.29) is 24.8 Å². The Morgan fingerprint density at radius 1 is 0.417 bits per heavy atom. The van der Waals surface area contributed by atoms with Crippen LogP contribution in [0, 0.1) is 40.7 Å². The summed E-state index contributed by atoms with van der Waals surface area (Å²) in [7, 11) is 0. The van der Waals surface area contributed by atoms with Gasteiger partial charge in [-0.1, -0.05) is 0 Å². The summed E-state index contributed by atoms with van der Waals surface area (Å²) in [6.07, 6.45) is 0.